The standard InChI is InChI=1S/C6H6.C6H14.C5H12/c1-2-4-6-5-3-1;1-4-5-6(2)3;1-4-5(2)3/h1-6H;6H,4-5H2,1-3H3;5H,4H2,1-3H3. The van der Waals surface area contributed by atoms with Gasteiger partial charge >= 0.3 is 0 Å². The summed E-state index contributed by atoms with van der Waals surface area (Å²) in [7, 11) is 0. The average molecular weight is 236 g/mol. The molecule has 0 radical (unpaired) electrons. The first-order valence-corrected chi connectivity index (χ1v) is 7.04. The van der Waals surface area contributed by atoms with E-state index >= 15 is 0 Å². The maximum atomic E-state index is 2.25. The normalized spacial score (nSPS) is 9.18. The van der Waals surface area contributed by atoms with Crippen LogP contribution >= 0.6 is 0 Å². The highest BCUT2D eigenvalue weighted by Gasteiger charge is 1.85. The van der Waals surface area contributed by atoms with Crippen LogP contribution in [-0.2, 0) is 0 Å². The van der Waals surface area contributed by atoms with Gasteiger partial charge in [0.2, 0.25) is 0 Å². The third-order valence-corrected chi connectivity index (χ3v) is 2.35. The van der Waals surface area contributed by atoms with E-state index in [1.807, 2.05) is 36.4 Å². The molecular weight excluding hydrogens is 204 g/mol. The molecule has 0 spiro atoms. The zero-order valence-corrected chi connectivity index (χ0v) is 12.7. The molecule has 0 nitrogen and oxygen atoms in total. The van der Waals surface area contributed by atoms with Gasteiger partial charge in [-0.15, -0.1) is 0 Å². The Morgan fingerprint density at radius 2 is 0.941 bits per heavy atom. The van der Waals surface area contributed by atoms with Gasteiger partial charge in [-0.2, -0.15) is 0 Å². The second-order valence-electron chi connectivity index (χ2n) is 5.14. The van der Waals surface area contributed by atoms with Crippen molar-refractivity contribution in [3.63, 3.8) is 0 Å². The Labute approximate surface area is 109 Å². The third kappa shape index (κ3) is 25.5. The first kappa shape index (κ1) is 18.6. The molecule has 17 heavy (non-hydrogen) atoms. The summed E-state index contributed by atoms with van der Waals surface area (Å²) in [4.78, 5) is 0. The topological polar surface area (TPSA) is 0 Å². The molecule has 0 saturated heterocycles. The highest BCUT2D eigenvalue weighted by atomic mass is 13.9. The van der Waals surface area contributed by atoms with Crippen molar-refractivity contribution in [3.8, 4) is 0 Å². The third-order valence-electron chi connectivity index (χ3n) is 2.35. The van der Waals surface area contributed by atoms with Crippen molar-refractivity contribution in [2.45, 2.75) is 60.8 Å². The van der Waals surface area contributed by atoms with E-state index in [0.717, 1.165) is 11.8 Å². The molecule has 0 fully saturated rings. The molecular formula is C17H32. The molecule has 0 aliphatic carbocycles. The van der Waals surface area contributed by atoms with Gasteiger partial charge in [-0.25, -0.2) is 0 Å². The number of hydrogen-bond donors (Lipinski definition) is 0. The Morgan fingerprint density at radius 3 is 1.00 bits per heavy atom. The molecule has 0 atom stereocenters. The van der Waals surface area contributed by atoms with Gasteiger partial charge in [-0.05, 0) is 11.8 Å². The molecule has 1 aromatic carbocycles. The van der Waals surface area contributed by atoms with Crippen LogP contribution in [0.3, 0.4) is 0 Å². The van der Waals surface area contributed by atoms with Gasteiger partial charge in [-0.3, -0.25) is 0 Å². The lowest BCUT2D eigenvalue weighted by molar-refractivity contribution is 0.576. The quantitative estimate of drug-likeness (QED) is 0.587. The van der Waals surface area contributed by atoms with E-state index in [1.165, 1.54) is 19.3 Å². The molecule has 0 aliphatic rings. The summed E-state index contributed by atoms with van der Waals surface area (Å²) < 4.78 is 0. The Bertz CT molecular complexity index is 172. The number of rotatable bonds is 3. The molecule has 0 saturated carbocycles. The fourth-order valence-corrected chi connectivity index (χ4v) is 0.962. The van der Waals surface area contributed by atoms with Crippen LogP contribution in [0.25, 0.3) is 0 Å². The van der Waals surface area contributed by atoms with Crippen LogP contribution in [-0.4, -0.2) is 0 Å². The monoisotopic (exact) mass is 236 g/mol. The fraction of sp³-hybridized carbons (Fsp3) is 0.647. The van der Waals surface area contributed by atoms with Crippen LogP contribution in [0, 0.1) is 11.8 Å². The summed E-state index contributed by atoms with van der Waals surface area (Å²) in [6, 6.07) is 12.0. The van der Waals surface area contributed by atoms with E-state index in [1.54, 1.807) is 0 Å². The van der Waals surface area contributed by atoms with Crippen molar-refractivity contribution in [2.24, 2.45) is 11.8 Å². The van der Waals surface area contributed by atoms with E-state index in [4.69, 9.17) is 0 Å². The van der Waals surface area contributed by atoms with Gasteiger partial charge < -0.3 is 0 Å². The molecule has 0 amide bonds. The minimum absolute atomic E-state index is 0.884. The molecule has 100 valence electrons. The Kier molecular flexibility index (Phi) is 16.6. The van der Waals surface area contributed by atoms with Crippen molar-refractivity contribution >= 4 is 0 Å². The Balaban J connectivity index is 0. The molecule has 1 rings (SSSR count). The molecule has 0 heteroatoms. The van der Waals surface area contributed by atoms with Crippen molar-refractivity contribution < 1.29 is 0 Å². The average Bonchev–Trinajstić information content (AvgIpc) is 2.32. The van der Waals surface area contributed by atoms with Gasteiger partial charge in [0.05, 0.1) is 0 Å². The highest BCUT2D eigenvalue weighted by molar-refractivity contribution is 4.99. The maximum absolute atomic E-state index is 2.25. The van der Waals surface area contributed by atoms with Crippen LogP contribution in [0.15, 0.2) is 36.4 Å². The van der Waals surface area contributed by atoms with Crippen LogP contribution < -0.4 is 0 Å². The second kappa shape index (κ2) is 15.2. The summed E-state index contributed by atoms with van der Waals surface area (Å²) in [5, 5.41) is 0. The number of hydrogen-bond acceptors (Lipinski definition) is 0. The molecule has 1 aromatic rings. The predicted octanol–water partition coefficient (Wildman–Crippen LogP) is 6.18. The maximum Gasteiger partial charge on any atom is -0.0471 e. The minimum Gasteiger partial charge on any atom is -0.0654 e. The molecule has 0 N–H and O–H groups in total. The molecule has 0 bridgehead atoms. The van der Waals surface area contributed by atoms with Crippen molar-refractivity contribution in [2.75, 3.05) is 0 Å². The summed E-state index contributed by atoms with van der Waals surface area (Å²) in [6.45, 7) is 13.4. The smallest absolute Gasteiger partial charge is 0.0471 e. The zero-order chi connectivity index (χ0) is 13.5. The van der Waals surface area contributed by atoms with Crippen LogP contribution in [0.4, 0.5) is 0 Å². The Hall–Kier alpha value is -0.780. The van der Waals surface area contributed by atoms with Gasteiger partial charge in [0.15, 0.2) is 0 Å². The van der Waals surface area contributed by atoms with E-state index in [-0.39, 0.29) is 0 Å². The van der Waals surface area contributed by atoms with Gasteiger partial charge in [0.25, 0.3) is 0 Å². The minimum atomic E-state index is 0.884. The van der Waals surface area contributed by atoms with Crippen LogP contribution in [0.1, 0.15) is 60.8 Å². The molecule has 0 aromatic heterocycles. The van der Waals surface area contributed by atoms with Crippen molar-refractivity contribution in [3.05, 3.63) is 36.4 Å². The Morgan fingerprint density at radius 1 is 0.647 bits per heavy atom. The summed E-state index contributed by atoms with van der Waals surface area (Å²) >= 11 is 0. The zero-order valence-electron chi connectivity index (χ0n) is 12.7. The lowest BCUT2D eigenvalue weighted by Gasteiger charge is -1.95. The lowest BCUT2D eigenvalue weighted by atomic mass is 10.1. The van der Waals surface area contributed by atoms with E-state index in [2.05, 4.69) is 41.5 Å². The number of benzene rings is 1. The summed E-state index contributed by atoms with van der Waals surface area (Å²) in [5.41, 5.74) is 0. The molecule has 0 unspecified atom stereocenters. The van der Waals surface area contributed by atoms with Crippen LogP contribution in [0.2, 0.25) is 0 Å². The van der Waals surface area contributed by atoms with Crippen molar-refractivity contribution in [1.29, 1.82) is 0 Å². The highest BCUT2D eigenvalue weighted by Crippen LogP contribution is 2.00. The van der Waals surface area contributed by atoms with Gasteiger partial charge in [0.1, 0.15) is 0 Å². The first-order chi connectivity index (χ1) is 8.04. The second-order valence-corrected chi connectivity index (χ2v) is 5.14. The van der Waals surface area contributed by atoms with E-state index in [9.17, 15) is 0 Å². The molecule has 0 aliphatic heterocycles. The van der Waals surface area contributed by atoms with Crippen LogP contribution in [0.5, 0.6) is 0 Å². The summed E-state index contributed by atoms with van der Waals surface area (Å²) in [5.74, 6) is 1.78. The van der Waals surface area contributed by atoms with Gasteiger partial charge in [-0.1, -0.05) is 97.2 Å². The molecule has 0 heterocycles. The van der Waals surface area contributed by atoms with E-state index < -0.39 is 0 Å². The van der Waals surface area contributed by atoms with E-state index in [0.29, 0.717) is 0 Å². The summed E-state index contributed by atoms with van der Waals surface area (Å²) in [6.07, 6.45) is 4.01. The SMILES string of the molecule is CCC(C)C.CCCC(C)C.c1ccccc1. The first-order valence-electron chi connectivity index (χ1n) is 7.04. The predicted molar refractivity (Wildman–Crippen MR) is 81.3 cm³/mol. The van der Waals surface area contributed by atoms with Gasteiger partial charge in [0, 0.05) is 0 Å². The fourth-order valence-electron chi connectivity index (χ4n) is 0.962. The largest absolute Gasteiger partial charge is 0.0654 e. The van der Waals surface area contributed by atoms with Crippen molar-refractivity contribution in [1.82, 2.24) is 0 Å². The lowest BCUT2D eigenvalue weighted by Crippen LogP contribution is -1.81.